The summed E-state index contributed by atoms with van der Waals surface area (Å²) in [5, 5.41) is 0. The highest BCUT2D eigenvalue weighted by Crippen LogP contribution is 2.32. The lowest BCUT2D eigenvalue weighted by molar-refractivity contribution is 0.452. The van der Waals surface area contributed by atoms with Gasteiger partial charge >= 0.3 is 0 Å². The fourth-order valence-corrected chi connectivity index (χ4v) is 4.88. The Labute approximate surface area is 125 Å². The molecule has 2 heteroatoms. The van der Waals surface area contributed by atoms with Crippen LogP contribution in [0.25, 0.3) is 5.76 Å². The average Bonchev–Trinajstić information content (AvgIpc) is 2.36. The van der Waals surface area contributed by atoms with E-state index in [1.807, 2.05) is 0 Å². The summed E-state index contributed by atoms with van der Waals surface area (Å²) in [6.45, 7) is 9.10. The molecule has 20 heavy (non-hydrogen) atoms. The van der Waals surface area contributed by atoms with Crippen LogP contribution in [0, 0.1) is 12.8 Å². The minimum Gasteiger partial charge on any atom is -0.544 e. The number of hydrogen-bond donors (Lipinski definition) is 0. The van der Waals surface area contributed by atoms with E-state index in [-0.39, 0.29) is 0 Å². The maximum absolute atomic E-state index is 6.48. The van der Waals surface area contributed by atoms with Crippen LogP contribution in [0.4, 0.5) is 0 Å². The number of rotatable bonds is 3. The molecule has 0 spiro atoms. The second kappa shape index (κ2) is 6.62. The van der Waals surface area contributed by atoms with E-state index in [1.165, 1.54) is 42.9 Å². The molecule has 0 fully saturated rings. The summed E-state index contributed by atoms with van der Waals surface area (Å²) in [6, 6.07) is 10.0. The summed E-state index contributed by atoms with van der Waals surface area (Å²) in [5.74, 6) is 1.82. The van der Waals surface area contributed by atoms with Crippen molar-refractivity contribution in [3.8, 4) is 0 Å². The van der Waals surface area contributed by atoms with Crippen molar-refractivity contribution in [3.05, 3.63) is 41.5 Å². The number of aryl methyl sites for hydroxylation is 1. The van der Waals surface area contributed by atoms with Gasteiger partial charge in [0.05, 0.1) is 0 Å². The van der Waals surface area contributed by atoms with Crippen LogP contribution in [0.1, 0.15) is 43.7 Å². The Bertz CT molecular complexity index is 459. The van der Waals surface area contributed by atoms with E-state index < -0.39 is 8.32 Å². The quantitative estimate of drug-likeness (QED) is 0.642. The van der Waals surface area contributed by atoms with Crippen molar-refractivity contribution in [2.45, 2.75) is 58.7 Å². The molecule has 1 aliphatic heterocycles. The van der Waals surface area contributed by atoms with Crippen LogP contribution in [0.15, 0.2) is 30.3 Å². The second-order valence-corrected chi connectivity index (χ2v) is 10.9. The molecule has 1 unspecified atom stereocenters. The molecular formula is C18H28OSi. The van der Waals surface area contributed by atoms with Crippen LogP contribution in [0.3, 0.4) is 0 Å². The van der Waals surface area contributed by atoms with Gasteiger partial charge in [0.25, 0.3) is 0 Å². The number of hydrogen-bond acceptors (Lipinski definition) is 1. The minimum absolute atomic E-state index is 0.682. The van der Waals surface area contributed by atoms with Crippen molar-refractivity contribution >= 4 is 14.1 Å². The Morgan fingerprint density at radius 1 is 1.20 bits per heavy atom. The molecule has 0 N–H and O–H groups in total. The molecule has 0 amide bonds. The van der Waals surface area contributed by atoms with Gasteiger partial charge < -0.3 is 4.43 Å². The molecule has 1 nitrogen and oxygen atoms in total. The molecule has 1 aromatic rings. The predicted molar refractivity (Wildman–Crippen MR) is 90.2 cm³/mol. The molecule has 0 radical (unpaired) electrons. The molecule has 0 saturated heterocycles. The third-order valence-corrected chi connectivity index (χ3v) is 6.45. The maximum atomic E-state index is 6.48. The van der Waals surface area contributed by atoms with Gasteiger partial charge in [-0.15, -0.1) is 0 Å². The van der Waals surface area contributed by atoms with Crippen LogP contribution >= 0.6 is 0 Å². The van der Waals surface area contributed by atoms with Gasteiger partial charge in [-0.1, -0.05) is 49.6 Å². The van der Waals surface area contributed by atoms with Crippen molar-refractivity contribution < 1.29 is 4.43 Å². The van der Waals surface area contributed by atoms with Crippen molar-refractivity contribution in [2.75, 3.05) is 0 Å². The Hall–Kier alpha value is -1.02. The molecule has 2 rings (SSSR count). The van der Waals surface area contributed by atoms with Gasteiger partial charge in [0.2, 0.25) is 8.32 Å². The molecule has 1 aliphatic rings. The van der Waals surface area contributed by atoms with Crippen molar-refractivity contribution in [1.82, 2.24) is 0 Å². The van der Waals surface area contributed by atoms with E-state index in [0.29, 0.717) is 5.92 Å². The first kappa shape index (κ1) is 15.4. The van der Waals surface area contributed by atoms with Gasteiger partial charge in [-0.3, -0.25) is 0 Å². The number of allylic oxidation sites excluding steroid dienone is 1. The molecule has 0 bridgehead atoms. The Balaban J connectivity index is 2.31. The van der Waals surface area contributed by atoms with E-state index in [1.54, 1.807) is 0 Å². The van der Waals surface area contributed by atoms with Gasteiger partial charge in [-0.05, 0) is 50.9 Å². The summed E-state index contributed by atoms with van der Waals surface area (Å²) in [6.07, 6.45) is 7.58. The molecule has 0 saturated carbocycles. The van der Waals surface area contributed by atoms with Gasteiger partial charge in [0.1, 0.15) is 5.76 Å². The van der Waals surface area contributed by atoms with E-state index in [9.17, 15) is 0 Å². The Morgan fingerprint density at radius 3 is 2.55 bits per heavy atom. The average molecular weight is 289 g/mol. The molecular weight excluding hydrogens is 260 g/mol. The normalized spacial score (nSPS) is 25.0. The largest absolute Gasteiger partial charge is 0.544 e. The smallest absolute Gasteiger partial charge is 0.245 e. The van der Waals surface area contributed by atoms with Crippen LogP contribution in [0.5, 0.6) is 0 Å². The van der Waals surface area contributed by atoms with Crippen LogP contribution in [-0.2, 0) is 4.43 Å². The van der Waals surface area contributed by atoms with Crippen molar-refractivity contribution in [3.63, 3.8) is 0 Å². The summed E-state index contributed by atoms with van der Waals surface area (Å²) < 4.78 is 6.48. The minimum atomic E-state index is -1.55. The first-order valence-electron chi connectivity index (χ1n) is 7.98. The van der Waals surface area contributed by atoms with Gasteiger partial charge in [0, 0.05) is 5.56 Å². The lowest BCUT2D eigenvalue weighted by atomic mass is 9.96. The highest BCUT2D eigenvalue weighted by Gasteiger charge is 2.28. The van der Waals surface area contributed by atoms with E-state index in [2.05, 4.69) is 57.3 Å². The second-order valence-electron chi connectivity index (χ2n) is 6.70. The Morgan fingerprint density at radius 2 is 1.90 bits per heavy atom. The highest BCUT2D eigenvalue weighted by atomic mass is 28.4. The maximum Gasteiger partial charge on any atom is 0.245 e. The lowest BCUT2D eigenvalue weighted by Gasteiger charge is -2.30. The van der Waals surface area contributed by atoms with Crippen molar-refractivity contribution in [2.24, 2.45) is 5.92 Å². The molecule has 110 valence electrons. The van der Waals surface area contributed by atoms with E-state index in [0.717, 1.165) is 5.76 Å². The Kier molecular flexibility index (Phi) is 5.09. The van der Waals surface area contributed by atoms with Crippen LogP contribution in [0.2, 0.25) is 19.1 Å². The first-order chi connectivity index (χ1) is 9.50. The summed E-state index contributed by atoms with van der Waals surface area (Å²) in [5.41, 5.74) is 2.56. The van der Waals surface area contributed by atoms with Gasteiger partial charge in [0.15, 0.2) is 0 Å². The fourth-order valence-electron chi connectivity index (χ4n) is 2.94. The fraction of sp³-hybridized carbons (Fsp3) is 0.556. The SMILES string of the molecule is CCCC1/C=C(/c2ccc(C)cc2)O[Si](C)(C)CCC1. The third-order valence-electron chi connectivity index (χ3n) is 4.12. The molecule has 1 heterocycles. The predicted octanol–water partition coefficient (Wildman–Crippen LogP) is 5.77. The summed E-state index contributed by atoms with van der Waals surface area (Å²) in [4.78, 5) is 0. The highest BCUT2D eigenvalue weighted by molar-refractivity contribution is 6.71. The van der Waals surface area contributed by atoms with E-state index >= 15 is 0 Å². The van der Waals surface area contributed by atoms with Gasteiger partial charge in [-0.2, -0.15) is 0 Å². The zero-order valence-electron chi connectivity index (χ0n) is 13.4. The molecule has 1 aromatic carbocycles. The van der Waals surface area contributed by atoms with Gasteiger partial charge in [-0.25, -0.2) is 0 Å². The first-order valence-corrected chi connectivity index (χ1v) is 11.1. The van der Waals surface area contributed by atoms with Crippen LogP contribution < -0.4 is 0 Å². The topological polar surface area (TPSA) is 9.23 Å². The molecule has 1 atom stereocenters. The van der Waals surface area contributed by atoms with E-state index in [4.69, 9.17) is 4.43 Å². The number of benzene rings is 1. The van der Waals surface area contributed by atoms with Crippen LogP contribution in [-0.4, -0.2) is 8.32 Å². The standard InChI is InChI=1S/C18H28OSi/c1-5-7-16-8-6-13-20(3,4)19-18(14-16)17-11-9-15(2)10-12-17/h9-12,14,16H,5-8,13H2,1-4H3/b18-14-. The monoisotopic (exact) mass is 288 g/mol. The summed E-state index contributed by atoms with van der Waals surface area (Å²) >= 11 is 0. The van der Waals surface area contributed by atoms with Crippen molar-refractivity contribution in [1.29, 1.82) is 0 Å². The zero-order valence-corrected chi connectivity index (χ0v) is 14.4. The third kappa shape index (κ3) is 4.24. The zero-order chi connectivity index (χ0) is 14.6. The molecule has 0 aromatic heterocycles. The summed E-state index contributed by atoms with van der Waals surface area (Å²) in [7, 11) is -1.55. The molecule has 0 aliphatic carbocycles. The lowest BCUT2D eigenvalue weighted by Crippen LogP contribution is -2.30.